The van der Waals surface area contributed by atoms with E-state index in [4.69, 9.17) is 16.3 Å². The molecular weight excluding hydrogens is 362 g/mol. The number of benzene rings is 2. The summed E-state index contributed by atoms with van der Waals surface area (Å²) in [5, 5.41) is 0.331. The van der Waals surface area contributed by atoms with Gasteiger partial charge in [0, 0.05) is 18.1 Å². The smallest absolute Gasteiger partial charge is 0.244 e. The highest BCUT2D eigenvalue weighted by molar-refractivity contribution is 7.89. The fourth-order valence-corrected chi connectivity index (χ4v) is 4.16. The first-order valence-corrected chi connectivity index (χ1v) is 9.53. The number of para-hydroxylation sites is 2. The second kappa shape index (κ2) is 7.03. The van der Waals surface area contributed by atoms with E-state index in [0.717, 1.165) is 16.9 Å². The zero-order valence-corrected chi connectivity index (χ0v) is 15.4. The number of nitrogens with one attached hydrogen (secondary N) is 1. The van der Waals surface area contributed by atoms with Crippen LogP contribution in [0.25, 0.3) is 11.0 Å². The van der Waals surface area contributed by atoms with Gasteiger partial charge in [-0.05, 0) is 37.3 Å². The lowest BCUT2D eigenvalue weighted by atomic mass is 10.3. The Balaban J connectivity index is 1.79. The minimum absolute atomic E-state index is 0.0229. The Bertz CT molecular complexity index is 1020. The molecule has 0 amide bonds. The fourth-order valence-electron chi connectivity index (χ4n) is 2.71. The third-order valence-electron chi connectivity index (χ3n) is 3.89. The fraction of sp³-hybridized carbons (Fsp3) is 0.235. The number of hydrogen-bond acceptors (Lipinski definition) is 4. The summed E-state index contributed by atoms with van der Waals surface area (Å²) in [5.74, 6) is 1.09. The first-order chi connectivity index (χ1) is 11.9. The van der Waals surface area contributed by atoms with Gasteiger partial charge >= 0.3 is 0 Å². The molecule has 8 heteroatoms. The van der Waals surface area contributed by atoms with Crippen LogP contribution in [0.1, 0.15) is 5.82 Å². The molecule has 0 saturated heterocycles. The van der Waals surface area contributed by atoms with Crippen LogP contribution in [0.5, 0.6) is 5.75 Å². The molecule has 1 heterocycles. The van der Waals surface area contributed by atoms with Crippen LogP contribution in [0, 0.1) is 6.92 Å². The number of aromatic nitrogens is 2. The first-order valence-electron chi connectivity index (χ1n) is 7.67. The number of sulfonamides is 1. The lowest BCUT2D eigenvalue weighted by Gasteiger charge is -2.12. The SMILES string of the molecule is COc1ccc(Cl)cc1S(=O)(=O)NCCn1c(C)nc2ccccc21. The van der Waals surface area contributed by atoms with Gasteiger partial charge in [-0.1, -0.05) is 23.7 Å². The number of fused-ring (bicyclic) bond motifs is 1. The molecule has 0 spiro atoms. The zero-order chi connectivity index (χ0) is 18.0. The van der Waals surface area contributed by atoms with E-state index >= 15 is 0 Å². The summed E-state index contributed by atoms with van der Waals surface area (Å²) in [6.07, 6.45) is 0. The topological polar surface area (TPSA) is 73.2 Å². The molecule has 1 N–H and O–H groups in total. The van der Waals surface area contributed by atoms with Crippen LogP contribution in [0.15, 0.2) is 47.4 Å². The van der Waals surface area contributed by atoms with Crippen LogP contribution in [0.4, 0.5) is 0 Å². The van der Waals surface area contributed by atoms with Gasteiger partial charge in [0.1, 0.15) is 16.5 Å². The van der Waals surface area contributed by atoms with Crippen molar-refractivity contribution in [1.82, 2.24) is 14.3 Å². The van der Waals surface area contributed by atoms with Gasteiger partial charge < -0.3 is 9.30 Å². The molecule has 0 saturated carbocycles. The van der Waals surface area contributed by atoms with E-state index in [0.29, 0.717) is 11.6 Å². The van der Waals surface area contributed by atoms with Gasteiger partial charge in [-0.25, -0.2) is 18.1 Å². The maximum absolute atomic E-state index is 12.6. The number of methoxy groups -OCH3 is 1. The highest BCUT2D eigenvalue weighted by Crippen LogP contribution is 2.26. The third kappa shape index (κ3) is 3.63. The number of nitrogens with zero attached hydrogens (tertiary/aromatic N) is 2. The molecule has 25 heavy (non-hydrogen) atoms. The maximum Gasteiger partial charge on any atom is 0.244 e. The molecule has 0 bridgehead atoms. The van der Waals surface area contributed by atoms with Crippen LogP contribution in [0.2, 0.25) is 5.02 Å². The number of halogens is 1. The summed E-state index contributed by atoms with van der Waals surface area (Å²) in [6, 6.07) is 12.2. The Morgan fingerprint density at radius 1 is 1.24 bits per heavy atom. The van der Waals surface area contributed by atoms with E-state index in [9.17, 15) is 8.42 Å². The summed E-state index contributed by atoms with van der Waals surface area (Å²) in [5.41, 5.74) is 1.86. The van der Waals surface area contributed by atoms with Crippen molar-refractivity contribution in [3.05, 3.63) is 53.3 Å². The van der Waals surface area contributed by atoms with Crippen LogP contribution >= 0.6 is 11.6 Å². The second-order valence-corrected chi connectivity index (χ2v) is 7.66. The van der Waals surface area contributed by atoms with Gasteiger partial charge in [-0.2, -0.15) is 0 Å². The molecule has 1 aromatic heterocycles. The van der Waals surface area contributed by atoms with Crippen molar-refractivity contribution in [3.63, 3.8) is 0 Å². The summed E-state index contributed by atoms with van der Waals surface area (Å²) >= 11 is 5.92. The molecule has 0 atom stereocenters. The van der Waals surface area contributed by atoms with Crippen molar-refractivity contribution >= 4 is 32.7 Å². The molecular formula is C17H18ClN3O3S. The molecule has 3 rings (SSSR count). The second-order valence-electron chi connectivity index (χ2n) is 5.49. The largest absolute Gasteiger partial charge is 0.495 e. The molecule has 0 aliphatic rings. The molecule has 0 aliphatic carbocycles. The Morgan fingerprint density at radius 2 is 2.00 bits per heavy atom. The molecule has 3 aromatic rings. The van der Waals surface area contributed by atoms with Crippen LogP contribution in [-0.2, 0) is 16.6 Å². The van der Waals surface area contributed by atoms with Gasteiger partial charge in [0.15, 0.2) is 0 Å². The van der Waals surface area contributed by atoms with Gasteiger partial charge in [-0.15, -0.1) is 0 Å². The van der Waals surface area contributed by atoms with Crippen LogP contribution in [0.3, 0.4) is 0 Å². The van der Waals surface area contributed by atoms with E-state index in [1.807, 2.05) is 35.8 Å². The summed E-state index contributed by atoms with van der Waals surface area (Å²) < 4.78 is 34.8. The quantitative estimate of drug-likeness (QED) is 0.714. The van der Waals surface area contributed by atoms with Gasteiger partial charge in [-0.3, -0.25) is 0 Å². The highest BCUT2D eigenvalue weighted by Gasteiger charge is 2.20. The highest BCUT2D eigenvalue weighted by atomic mass is 35.5. The number of aryl methyl sites for hydroxylation is 1. The minimum Gasteiger partial charge on any atom is -0.495 e. The van der Waals surface area contributed by atoms with E-state index in [1.165, 1.54) is 19.2 Å². The zero-order valence-electron chi connectivity index (χ0n) is 13.9. The molecule has 0 radical (unpaired) electrons. The predicted molar refractivity (Wildman–Crippen MR) is 97.7 cm³/mol. The van der Waals surface area contributed by atoms with Gasteiger partial charge in [0.2, 0.25) is 10.0 Å². The average Bonchev–Trinajstić information content (AvgIpc) is 2.90. The van der Waals surface area contributed by atoms with E-state index in [1.54, 1.807) is 6.07 Å². The Kier molecular flexibility index (Phi) is 4.99. The number of rotatable bonds is 6. The molecule has 0 aliphatic heterocycles. The lowest BCUT2D eigenvalue weighted by molar-refractivity contribution is 0.402. The summed E-state index contributed by atoms with van der Waals surface area (Å²) in [4.78, 5) is 4.50. The van der Waals surface area contributed by atoms with Gasteiger partial charge in [0.05, 0.1) is 18.1 Å². The number of hydrogen-bond donors (Lipinski definition) is 1. The third-order valence-corrected chi connectivity index (χ3v) is 5.61. The Labute approximate surface area is 151 Å². The maximum atomic E-state index is 12.6. The van der Waals surface area contributed by atoms with Crippen molar-refractivity contribution < 1.29 is 13.2 Å². The predicted octanol–water partition coefficient (Wildman–Crippen LogP) is 2.99. The van der Waals surface area contributed by atoms with Crippen molar-refractivity contribution in [2.24, 2.45) is 0 Å². The monoisotopic (exact) mass is 379 g/mol. The van der Waals surface area contributed by atoms with E-state index < -0.39 is 10.0 Å². The average molecular weight is 380 g/mol. The van der Waals surface area contributed by atoms with Gasteiger partial charge in [0.25, 0.3) is 0 Å². The van der Waals surface area contributed by atoms with Crippen molar-refractivity contribution in [1.29, 1.82) is 0 Å². The van der Waals surface area contributed by atoms with E-state index in [-0.39, 0.29) is 17.2 Å². The van der Waals surface area contributed by atoms with Crippen LogP contribution in [-0.4, -0.2) is 31.6 Å². The van der Waals surface area contributed by atoms with E-state index in [2.05, 4.69) is 9.71 Å². The standard InChI is InChI=1S/C17H18ClN3O3S/c1-12-20-14-5-3-4-6-15(14)21(12)10-9-19-25(22,23)17-11-13(18)7-8-16(17)24-2/h3-8,11,19H,9-10H2,1-2H3. The number of imidazole rings is 1. The summed E-state index contributed by atoms with van der Waals surface area (Å²) in [6.45, 7) is 2.59. The molecule has 6 nitrogen and oxygen atoms in total. The molecule has 132 valence electrons. The number of ether oxygens (including phenoxy) is 1. The summed E-state index contributed by atoms with van der Waals surface area (Å²) in [7, 11) is -2.32. The lowest BCUT2D eigenvalue weighted by Crippen LogP contribution is -2.28. The Morgan fingerprint density at radius 3 is 2.76 bits per heavy atom. The molecule has 2 aromatic carbocycles. The first kappa shape index (κ1) is 17.7. The molecule has 0 fully saturated rings. The minimum atomic E-state index is -3.74. The van der Waals surface area contributed by atoms with Crippen LogP contribution < -0.4 is 9.46 Å². The normalized spacial score (nSPS) is 11.8. The van der Waals surface area contributed by atoms with Crippen molar-refractivity contribution in [3.8, 4) is 5.75 Å². The van der Waals surface area contributed by atoms with Crippen molar-refractivity contribution in [2.75, 3.05) is 13.7 Å². The molecule has 0 unspecified atom stereocenters. The Hall–Kier alpha value is -2.09. The van der Waals surface area contributed by atoms with Crippen molar-refractivity contribution in [2.45, 2.75) is 18.4 Å².